The number of hydrogen-bond donors (Lipinski definition) is 2. The van der Waals surface area contributed by atoms with Gasteiger partial charge in [-0.1, -0.05) is 46.8 Å². The molecule has 0 saturated heterocycles. The van der Waals surface area contributed by atoms with Gasteiger partial charge in [-0.05, 0) is 31.5 Å². The number of benzene rings is 2. The number of aromatic nitrogens is 4. The Morgan fingerprint density at radius 3 is 2.64 bits per heavy atom. The zero-order chi connectivity index (χ0) is 31.8. The summed E-state index contributed by atoms with van der Waals surface area (Å²) < 4.78 is 18.5. The van der Waals surface area contributed by atoms with Crippen molar-refractivity contribution < 1.29 is 28.4 Å². The van der Waals surface area contributed by atoms with E-state index in [1.54, 1.807) is 41.6 Å². The van der Waals surface area contributed by atoms with Crippen molar-refractivity contribution in [1.82, 2.24) is 35.7 Å². The van der Waals surface area contributed by atoms with Crippen molar-refractivity contribution in [2.24, 2.45) is 0 Å². The number of carbonyl (C=O) groups is 3. The highest BCUT2D eigenvalue weighted by atomic mass is 16.5. The molecule has 45 heavy (non-hydrogen) atoms. The van der Waals surface area contributed by atoms with E-state index < -0.39 is 11.9 Å². The van der Waals surface area contributed by atoms with Gasteiger partial charge in [0.1, 0.15) is 17.4 Å². The zero-order valence-corrected chi connectivity index (χ0v) is 25.6. The smallest absolute Gasteiger partial charge is 0.259 e. The third kappa shape index (κ3) is 7.66. The monoisotopic (exact) mass is 615 g/mol. The Kier molecular flexibility index (Phi) is 10.1. The van der Waals surface area contributed by atoms with E-state index in [4.69, 9.17) is 14.0 Å². The molecule has 2 bridgehead atoms. The van der Waals surface area contributed by atoms with Gasteiger partial charge in [-0.2, -0.15) is 0 Å². The predicted molar refractivity (Wildman–Crippen MR) is 163 cm³/mol. The molecule has 1 aliphatic rings. The molecule has 236 valence electrons. The molecule has 0 radical (unpaired) electrons. The van der Waals surface area contributed by atoms with E-state index in [-0.39, 0.29) is 43.5 Å². The molecule has 2 aromatic carbocycles. The molecule has 2 N–H and O–H groups in total. The number of hydrogen-bond acceptors (Lipinski definition) is 9. The van der Waals surface area contributed by atoms with E-state index in [1.165, 1.54) is 7.11 Å². The van der Waals surface area contributed by atoms with Crippen LogP contribution in [0.25, 0.3) is 0 Å². The number of nitrogens with one attached hydrogen (secondary N) is 2. The average Bonchev–Trinajstić information content (AvgIpc) is 3.64. The van der Waals surface area contributed by atoms with Crippen molar-refractivity contribution in [3.8, 4) is 11.5 Å². The van der Waals surface area contributed by atoms with Gasteiger partial charge < -0.3 is 29.5 Å². The van der Waals surface area contributed by atoms with Crippen molar-refractivity contribution in [2.75, 3.05) is 33.4 Å². The molecule has 0 aliphatic carbocycles. The van der Waals surface area contributed by atoms with Crippen LogP contribution in [0.4, 0.5) is 0 Å². The minimum Gasteiger partial charge on any atom is -0.493 e. The second kappa shape index (κ2) is 14.5. The summed E-state index contributed by atoms with van der Waals surface area (Å²) in [7, 11) is 1.51. The second-order valence-corrected chi connectivity index (χ2v) is 10.8. The molecule has 5 rings (SSSR count). The normalized spacial score (nSPS) is 16.7. The Balaban J connectivity index is 1.43. The van der Waals surface area contributed by atoms with Gasteiger partial charge in [-0.25, -0.2) is 0 Å². The summed E-state index contributed by atoms with van der Waals surface area (Å²) in [5.74, 6) is 0.00586. The average molecular weight is 616 g/mol. The molecule has 1 atom stereocenters. The summed E-state index contributed by atoms with van der Waals surface area (Å²) in [5, 5.41) is 18.2. The van der Waals surface area contributed by atoms with E-state index in [0.717, 1.165) is 11.3 Å². The molecule has 0 fully saturated rings. The molecule has 2 aromatic heterocycles. The van der Waals surface area contributed by atoms with Gasteiger partial charge in [0, 0.05) is 51.6 Å². The largest absolute Gasteiger partial charge is 0.493 e. The van der Waals surface area contributed by atoms with E-state index >= 15 is 0 Å². The topological polar surface area (TPSA) is 154 Å². The lowest BCUT2D eigenvalue weighted by molar-refractivity contribution is -0.123. The quantitative estimate of drug-likeness (QED) is 0.353. The number of fused-ring (bicyclic) bond motifs is 3. The number of nitrogens with zero attached hydrogens (tertiary/aromatic N) is 5. The first-order valence-corrected chi connectivity index (χ1v) is 14.9. The van der Waals surface area contributed by atoms with Gasteiger partial charge in [0.05, 0.1) is 30.7 Å². The molecule has 0 unspecified atom stereocenters. The van der Waals surface area contributed by atoms with Crippen LogP contribution in [0.5, 0.6) is 11.5 Å². The van der Waals surface area contributed by atoms with E-state index in [9.17, 15) is 14.4 Å². The van der Waals surface area contributed by atoms with Gasteiger partial charge >= 0.3 is 0 Å². The standard InChI is InChI=1S/C32H37N7O6/c1-21-28(22(2)45-36-21)32(42)38-16-13-24-20-39(37-35-24)15-8-18-44-29-25(11-7-12-27(29)43-3)30(40)34-26(31(41)33-14-17-38)19-23-9-5-4-6-10-23/h4-7,9-12,20,26H,8,13-19H2,1-3H3,(H,33,41)(H,34,40)/t26-/m0/s1. The molecule has 0 spiro atoms. The lowest BCUT2D eigenvalue weighted by Gasteiger charge is -2.24. The van der Waals surface area contributed by atoms with Crippen LogP contribution >= 0.6 is 0 Å². The molecule has 0 saturated carbocycles. The van der Waals surface area contributed by atoms with Crippen molar-refractivity contribution in [3.63, 3.8) is 0 Å². The Hall–Kier alpha value is -5.20. The summed E-state index contributed by atoms with van der Waals surface area (Å²) in [5.41, 5.74) is 2.73. The maximum atomic E-state index is 13.7. The SMILES string of the molecule is COc1cccc2c1OCCCn1cc(nn1)CCN(C(=O)c1c(C)noc1C)CCNC(=O)[C@H](Cc1ccccc1)NC2=O. The molecule has 3 heterocycles. The van der Waals surface area contributed by atoms with Gasteiger partial charge in [-0.3, -0.25) is 19.1 Å². The highest BCUT2D eigenvalue weighted by molar-refractivity contribution is 6.00. The highest BCUT2D eigenvalue weighted by Gasteiger charge is 2.27. The zero-order valence-electron chi connectivity index (χ0n) is 25.6. The van der Waals surface area contributed by atoms with Crippen molar-refractivity contribution >= 4 is 17.7 Å². The Morgan fingerprint density at radius 2 is 1.89 bits per heavy atom. The number of amides is 3. The van der Waals surface area contributed by atoms with Crippen LogP contribution in [0.15, 0.2) is 59.3 Å². The van der Waals surface area contributed by atoms with Crippen LogP contribution in [-0.4, -0.2) is 82.2 Å². The molecule has 3 amide bonds. The number of methoxy groups -OCH3 is 1. The second-order valence-electron chi connectivity index (χ2n) is 10.8. The molecule has 13 nitrogen and oxygen atoms in total. The van der Waals surface area contributed by atoms with E-state index in [1.807, 2.05) is 36.5 Å². The summed E-state index contributed by atoms with van der Waals surface area (Å²) in [4.78, 5) is 42.5. The summed E-state index contributed by atoms with van der Waals surface area (Å²) in [6, 6.07) is 13.6. The predicted octanol–water partition coefficient (Wildman–Crippen LogP) is 2.52. The van der Waals surface area contributed by atoms with E-state index in [0.29, 0.717) is 54.4 Å². The van der Waals surface area contributed by atoms with Crippen molar-refractivity contribution in [1.29, 1.82) is 0 Å². The van der Waals surface area contributed by atoms with Gasteiger partial charge in [0.25, 0.3) is 11.8 Å². The Bertz CT molecular complexity index is 1610. The molecule has 1 aliphatic heterocycles. The molecular formula is C32H37N7O6. The first-order valence-electron chi connectivity index (χ1n) is 14.9. The Morgan fingerprint density at radius 1 is 1.07 bits per heavy atom. The third-order valence-electron chi connectivity index (χ3n) is 7.57. The maximum Gasteiger partial charge on any atom is 0.259 e. The fraction of sp³-hybridized carbons (Fsp3) is 0.375. The summed E-state index contributed by atoms with van der Waals surface area (Å²) >= 11 is 0. The Labute approximate surface area is 260 Å². The van der Waals surface area contributed by atoms with Crippen LogP contribution < -0.4 is 20.1 Å². The molecule has 13 heteroatoms. The number of para-hydroxylation sites is 1. The van der Waals surface area contributed by atoms with Crippen LogP contribution in [-0.2, 0) is 24.2 Å². The van der Waals surface area contributed by atoms with Gasteiger partial charge in [-0.15, -0.1) is 5.10 Å². The maximum absolute atomic E-state index is 13.7. The van der Waals surface area contributed by atoms with Crippen LogP contribution in [0.1, 0.15) is 49.8 Å². The van der Waals surface area contributed by atoms with Crippen molar-refractivity contribution in [2.45, 2.75) is 45.7 Å². The number of ether oxygens (including phenoxy) is 2. The fourth-order valence-corrected chi connectivity index (χ4v) is 5.21. The minimum absolute atomic E-state index is 0.148. The number of rotatable bonds is 4. The van der Waals surface area contributed by atoms with Gasteiger partial charge in [0.2, 0.25) is 5.91 Å². The summed E-state index contributed by atoms with van der Waals surface area (Å²) in [6.07, 6.45) is 3.13. The lowest BCUT2D eigenvalue weighted by Crippen LogP contribution is -2.50. The highest BCUT2D eigenvalue weighted by Crippen LogP contribution is 2.31. The molecular weight excluding hydrogens is 578 g/mol. The summed E-state index contributed by atoms with van der Waals surface area (Å²) in [6.45, 7) is 4.92. The third-order valence-corrected chi connectivity index (χ3v) is 7.57. The number of carbonyl (C=O) groups excluding carboxylic acids is 3. The van der Waals surface area contributed by atoms with Crippen LogP contribution in [0.3, 0.4) is 0 Å². The minimum atomic E-state index is -0.901. The fourth-order valence-electron chi connectivity index (χ4n) is 5.21. The lowest BCUT2D eigenvalue weighted by atomic mass is 10.0. The van der Waals surface area contributed by atoms with Crippen LogP contribution in [0.2, 0.25) is 0 Å². The first-order chi connectivity index (χ1) is 21.8. The molecule has 4 aromatic rings. The van der Waals surface area contributed by atoms with Crippen molar-refractivity contribution in [3.05, 3.63) is 88.6 Å². The van der Waals surface area contributed by atoms with Crippen LogP contribution in [0, 0.1) is 13.8 Å². The van der Waals surface area contributed by atoms with Gasteiger partial charge in [0.15, 0.2) is 11.5 Å². The first kappa shape index (κ1) is 31.2. The number of aryl methyl sites for hydroxylation is 3. The van der Waals surface area contributed by atoms with E-state index in [2.05, 4.69) is 26.1 Å².